The summed E-state index contributed by atoms with van der Waals surface area (Å²) < 4.78 is 3.30. The molecule has 2 aromatic heterocycles. The van der Waals surface area contributed by atoms with Crippen molar-refractivity contribution in [1.29, 1.82) is 0 Å². The second kappa shape index (κ2) is 7.63. The summed E-state index contributed by atoms with van der Waals surface area (Å²) in [5, 5.41) is 22.3. The molecule has 0 atom stereocenters. The molecule has 0 bridgehead atoms. The zero-order chi connectivity index (χ0) is 21.3. The molecular formula is C21H18N6O3. The molecule has 0 aliphatic carbocycles. The van der Waals surface area contributed by atoms with Crippen LogP contribution in [0.1, 0.15) is 21.9 Å². The zero-order valence-electron chi connectivity index (χ0n) is 16.3. The molecule has 0 unspecified atom stereocenters. The molecule has 1 N–H and O–H groups in total. The van der Waals surface area contributed by atoms with Crippen molar-refractivity contribution in [3.8, 4) is 11.4 Å². The highest BCUT2D eigenvalue weighted by atomic mass is 16.6. The number of nitro benzene ring substituents is 1. The van der Waals surface area contributed by atoms with Crippen LogP contribution in [-0.2, 0) is 0 Å². The minimum Gasteiger partial charge on any atom is -0.321 e. The molecule has 30 heavy (non-hydrogen) atoms. The maximum absolute atomic E-state index is 12.6. The summed E-state index contributed by atoms with van der Waals surface area (Å²) in [6, 6.07) is 16.9. The molecule has 2 heterocycles. The topological polar surface area (TPSA) is 108 Å². The Hall–Kier alpha value is -4.27. The van der Waals surface area contributed by atoms with Crippen molar-refractivity contribution in [2.24, 2.45) is 0 Å². The molecule has 9 heteroatoms. The third-order valence-electron chi connectivity index (χ3n) is 4.50. The summed E-state index contributed by atoms with van der Waals surface area (Å²) in [6.07, 6.45) is 1.63. The van der Waals surface area contributed by atoms with Gasteiger partial charge in [0, 0.05) is 29.7 Å². The van der Waals surface area contributed by atoms with E-state index < -0.39 is 4.92 Å². The fourth-order valence-corrected chi connectivity index (χ4v) is 3.12. The average molecular weight is 402 g/mol. The summed E-state index contributed by atoms with van der Waals surface area (Å²) in [5.74, 6) is -0.360. The number of nitrogens with one attached hydrogen (secondary N) is 1. The first kappa shape index (κ1) is 19.1. The number of amides is 1. The standard InChI is InChI=1S/C21H18N6O3/c1-14-12-15(2)26(23-14)19-5-3-4-16(13-19)22-21(28)20-10-11-25(24-20)17-6-8-18(9-7-17)27(29)30/h3-13H,1-2H3,(H,22,28). The van der Waals surface area contributed by atoms with Gasteiger partial charge in [-0.25, -0.2) is 9.36 Å². The van der Waals surface area contributed by atoms with Crippen molar-refractivity contribution in [3.63, 3.8) is 0 Å². The fourth-order valence-electron chi connectivity index (χ4n) is 3.12. The molecule has 1 amide bonds. The molecule has 0 saturated carbocycles. The number of carbonyl (C=O) groups is 1. The van der Waals surface area contributed by atoms with Crippen molar-refractivity contribution in [1.82, 2.24) is 19.6 Å². The van der Waals surface area contributed by atoms with Gasteiger partial charge in [-0.2, -0.15) is 10.2 Å². The largest absolute Gasteiger partial charge is 0.321 e. The number of hydrogen-bond acceptors (Lipinski definition) is 5. The van der Waals surface area contributed by atoms with E-state index in [-0.39, 0.29) is 17.3 Å². The Balaban J connectivity index is 1.52. The molecule has 0 radical (unpaired) electrons. The summed E-state index contributed by atoms with van der Waals surface area (Å²) in [6.45, 7) is 3.90. The van der Waals surface area contributed by atoms with Gasteiger partial charge in [0.2, 0.25) is 0 Å². The Bertz CT molecular complexity index is 1240. The molecule has 0 aliphatic rings. The molecule has 4 aromatic rings. The summed E-state index contributed by atoms with van der Waals surface area (Å²) in [4.78, 5) is 22.9. The predicted octanol–water partition coefficient (Wildman–Crippen LogP) is 3.84. The van der Waals surface area contributed by atoms with Crippen molar-refractivity contribution >= 4 is 17.3 Å². The number of benzene rings is 2. The Morgan fingerprint density at radius 2 is 1.77 bits per heavy atom. The van der Waals surface area contributed by atoms with Gasteiger partial charge in [0.15, 0.2) is 5.69 Å². The van der Waals surface area contributed by atoms with E-state index in [9.17, 15) is 14.9 Å². The predicted molar refractivity (Wildman–Crippen MR) is 111 cm³/mol. The first-order valence-corrected chi connectivity index (χ1v) is 9.16. The van der Waals surface area contributed by atoms with Crippen LogP contribution in [0.3, 0.4) is 0 Å². The number of nitrogens with zero attached hydrogens (tertiary/aromatic N) is 5. The molecule has 9 nitrogen and oxygen atoms in total. The number of anilines is 1. The van der Waals surface area contributed by atoms with Gasteiger partial charge in [0.25, 0.3) is 11.6 Å². The Labute approximate surface area is 171 Å². The van der Waals surface area contributed by atoms with Crippen LogP contribution in [0, 0.1) is 24.0 Å². The van der Waals surface area contributed by atoms with E-state index >= 15 is 0 Å². The Morgan fingerprint density at radius 3 is 2.43 bits per heavy atom. The van der Waals surface area contributed by atoms with Crippen LogP contribution < -0.4 is 5.32 Å². The van der Waals surface area contributed by atoms with Crippen molar-refractivity contribution < 1.29 is 9.72 Å². The number of rotatable bonds is 5. The third-order valence-corrected chi connectivity index (χ3v) is 4.50. The highest BCUT2D eigenvalue weighted by Crippen LogP contribution is 2.18. The Kier molecular flexibility index (Phi) is 4.85. The summed E-state index contributed by atoms with van der Waals surface area (Å²) in [5.41, 5.74) is 4.21. The molecule has 150 valence electrons. The van der Waals surface area contributed by atoms with E-state index in [0.29, 0.717) is 11.4 Å². The van der Waals surface area contributed by atoms with Crippen molar-refractivity contribution in [3.05, 3.63) is 94.1 Å². The molecule has 2 aromatic carbocycles. The average Bonchev–Trinajstić information content (AvgIpc) is 3.35. The number of aryl methyl sites for hydroxylation is 2. The van der Waals surface area contributed by atoms with E-state index in [0.717, 1.165) is 17.1 Å². The fraction of sp³-hybridized carbons (Fsp3) is 0.0952. The van der Waals surface area contributed by atoms with Crippen LogP contribution in [-0.4, -0.2) is 30.4 Å². The smallest absolute Gasteiger partial charge is 0.276 e. The van der Waals surface area contributed by atoms with Gasteiger partial charge in [-0.1, -0.05) is 6.07 Å². The van der Waals surface area contributed by atoms with Crippen LogP contribution >= 0.6 is 0 Å². The van der Waals surface area contributed by atoms with Gasteiger partial charge < -0.3 is 5.32 Å². The Morgan fingerprint density at radius 1 is 1.00 bits per heavy atom. The van der Waals surface area contributed by atoms with Gasteiger partial charge in [-0.05, 0) is 56.3 Å². The number of aromatic nitrogens is 4. The van der Waals surface area contributed by atoms with Gasteiger partial charge in [-0.15, -0.1) is 0 Å². The molecule has 4 rings (SSSR count). The van der Waals surface area contributed by atoms with Gasteiger partial charge in [-0.3, -0.25) is 14.9 Å². The van der Waals surface area contributed by atoms with Crippen LogP contribution in [0.4, 0.5) is 11.4 Å². The highest BCUT2D eigenvalue weighted by molar-refractivity contribution is 6.02. The number of hydrogen-bond donors (Lipinski definition) is 1. The van der Waals surface area contributed by atoms with Crippen LogP contribution in [0.5, 0.6) is 0 Å². The van der Waals surface area contributed by atoms with E-state index in [2.05, 4.69) is 15.5 Å². The van der Waals surface area contributed by atoms with E-state index in [4.69, 9.17) is 0 Å². The second-order valence-electron chi connectivity index (χ2n) is 6.76. The second-order valence-corrected chi connectivity index (χ2v) is 6.76. The molecule has 0 spiro atoms. The summed E-state index contributed by atoms with van der Waals surface area (Å²) in [7, 11) is 0. The minimum absolute atomic E-state index is 0.00799. The third kappa shape index (κ3) is 3.81. The number of non-ortho nitro benzene ring substituents is 1. The number of nitro groups is 1. The minimum atomic E-state index is -0.466. The van der Waals surface area contributed by atoms with Gasteiger partial charge in [0.05, 0.1) is 22.0 Å². The lowest BCUT2D eigenvalue weighted by molar-refractivity contribution is -0.384. The first-order valence-electron chi connectivity index (χ1n) is 9.16. The van der Waals surface area contributed by atoms with Crippen molar-refractivity contribution in [2.45, 2.75) is 13.8 Å². The highest BCUT2D eigenvalue weighted by Gasteiger charge is 2.13. The molecule has 0 aliphatic heterocycles. The van der Waals surface area contributed by atoms with Gasteiger partial charge in [0.1, 0.15) is 0 Å². The molecule has 0 fully saturated rings. The lowest BCUT2D eigenvalue weighted by Gasteiger charge is -2.08. The van der Waals surface area contributed by atoms with Gasteiger partial charge >= 0.3 is 0 Å². The number of carbonyl (C=O) groups excluding carboxylic acids is 1. The molecule has 0 saturated heterocycles. The first-order chi connectivity index (χ1) is 14.4. The SMILES string of the molecule is Cc1cc(C)n(-c2cccc(NC(=O)c3ccn(-c4ccc([N+](=O)[O-])cc4)n3)c2)n1. The van der Waals surface area contributed by atoms with Crippen molar-refractivity contribution in [2.75, 3.05) is 5.32 Å². The van der Waals surface area contributed by atoms with Crippen LogP contribution in [0.25, 0.3) is 11.4 Å². The lowest BCUT2D eigenvalue weighted by Crippen LogP contribution is -2.13. The van der Waals surface area contributed by atoms with Crippen LogP contribution in [0.2, 0.25) is 0 Å². The molecular weight excluding hydrogens is 384 g/mol. The quantitative estimate of drug-likeness (QED) is 0.403. The normalized spacial score (nSPS) is 10.7. The van der Waals surface area contributed by atoms with E-state index in [1.807, 2.05) is 42.8 Å². The van der Waals surface area contributed by atoms with E-state index in [1.165, 1.54) is 16.8 Å². The monoisotopic (exact) mass is 402 g/mol. The van der Waals surface area contributed by atoms with E-state index in [1.54, 1.807) is 30.5 Å². The lowest BCUT2D eigenvalue weighted by atomic mass is 10.2. The zero-order valence-corrected chi connectivity index (χ0v) is 16.3. The van der Waals surface area contributed by atoms with Crippen LogP contribution in [0.15, 0.2) is 66.9 Å². The summed E-state index contributed by atoms with van der Waals surface area (Å²) >= 11 is 0. The maximum Gasteiger partial charge on any atom is 0.276 e. The maximum atomic E-state index is 12.6.